The monoisotopic (exact) mass is 296 g/mol. The molecule has 1 aromatic rings. The van der Waals surface area contributed by atoms with E-state index in [-0.39, 0.29) is 0 Å². The van der Waals surface area contributed by atoms with Crippen molar-refractivity contribution in [2.75, 3.05) is 17.6 Å². The van der Waals surface area contributed by atoms with Crippen molar-refractivity contribution in [1.29, 1.82) is 5.26 Å². The number of nitrogens with one attached hydrogen (secondary N) is 1. The summed E-state index contributed by atoms with van der Waals surface area (Å²) in [6.45, 7) is 2.57. The molecule has 19 heavy (non-hydrogen) atoms. The standard InChI is InChI=1S/C14H17ClN2OS/c1-2-19-13-5-6-14(13,18)9-17-12-4-3-11(15)7-10(12)8-16/h3-4,7,13,17-18H,2,5-6,9H2,1H3. The summed E-state index contributed by atoms with van der Waals surface area (Å²) in [7, 11) is 0. The second-order valence-corrected chi connectivity index (χ2v) is 6.66. The average Bonchev–Trinajstić information content (AvgIpc) is 2.41. The van der Waals surface area contributed by atoms with Crippen molar-refractivity contribution in [3.63, 3.8) is 0 Å². The summed E-state index contributed by atoms with van der Waals surface area (Å²) in [6.07, 6.45) is 1.87. The van der Waals surface area contributed by atoms with Gasteiger partial charge in [-0.25, -0.2) is 0 Å². The highest BCUT2D eigenvalue weighted by molar-refractivity contribution is 8.00. The molecular formula is C14H17ClN2OS. The molecule has 1 aliphatic rings. The molecule has 0 spiro atoms. The Balaban J connectivity index is 2.01. The van der Waals surface area contributed by atoms with Crippen LogP contribution in [0, 0.1) is 11.3 Å². The number of nitrogens with zero attached hydrogens (tertiary/aromatic N) is 1. The zero-order chi connectivity index (χ0) is 13.9. The van der Waals surface area contributed by atoms with Gasteiger partial charge in [-0.15, -0.1) is 0 Å². The van der Waals surface area contributed by atoms with Crippen LogP contribution in [-0.4, -0.2) is 28.3 Å². The summed E-state index contributed by atoms with van der Waals surface area (Å²) >= 11 is 7.65. The van der Waals surface area contributed by atoms with Crippen LogP contribution in [0.15, 0.2) is 18.2 Å². The second kappa shape index (κ2) is 6.04. The first-order valence-corrected chi connectivity index (χ1v) is 7.79. The van der Waals surface area contributed by atoms with Gasteiger partial charge in [-0.05, 0) is 36.8 Å². The van der Waals surface area contributed by atoms with Gasteiger partial charge in [0.25, 0.3) is 0 Å². The van der Waals surface area contributed by atoms with E-state index in [1.54, 1.807) is 30.0 Å². The lowest BCUT2D eigenvalue weighted by atomic mass is 9.79. The van der Waals surface area contributed by atoms with Gasteiger partial charge in [0.05, 0.1) is 16.9 Å². The van der Waals surface area contributed by atoms with Crippen LogP contribution >= 0.6 is 23.4 Å². The summed E-state index contributed by atoms with van der Waals surface area (Å²) in [5.74, 6) is 1.01. The van der Waals surface area contributed by atoms with Gasteiger partial charge in [-0.1, -0.05) is 18.5 Å². The van der Waals surface area contributed by atoms with E-state index in [4.69, 9.17) is 16.9 Å². The summed E-state index contributed by atoms with van der Waals surface area (Å²) < 4.78 is 0. The van der Waals surface area contributed by atoms with Gasteiger partial charge in [-0.3, -0.25) is 0 Å². The number of halogens is 1. The third kappa shape index (κ3) is 3.17. The molecule has 3 nitrogen and oxygen atoms in total. The zero-order valence-electron chi connectivity index (χ0n) is 10.8. The van der Waals surface area contributed by atoms with Crippen molar-refractivity contribution in [2.24, 2.45) is 0 Å². The first-order valence-electron chi connectivity index (χ1n) is 6.36. The van der Waals surface area contributed by atoms with Crippen molar-refractivity contribution in [2.45, 2.75) is 30.6 Å². The molecule has 2 unspecified atom stereocenters. The van der Waals surface area contributed by atoms with Crippen LogP contribution in [0.1, 0.15) is 25.3 Å². The first kappa shape index (κ1) is 14.5. The van der Waals surface area contributed by atoms with E-state index in [2.05, 4.69) is 18.3 Å². The van der Waals surface area contributed by atoms with E-state index >= 15 is 0 Å². The molecule has 1 aromatic carbocycles. The van der Waals surface area contributed by atoms with Crippen LogP contribution in [0.4, 0.5) is 5.69 Å². The molecule has 2 N–H and O–H groups in total. The summed E-state index contributed by atoms with van der Waals surface area (Å²) in [5, 5.41) is 23.6. The van der Waals surface area contributed by atoms with E-state index in [0.717, 1.165) is 24.3 Å². The third-order valence-electron chi connectivity index (χ3n) is 3.49. The van der Waals surface area contributed by atoms with Crippen molar-refractivity contribution in [3.8, 4) is 6.07 Å². The molecule has 0 aromatic heterocycles. The van der Waals surface area contributed by atoms with Gasteiger partial charge >= 0.3 is 0 Å². The SMILES string of the molecule is CCSC1CCC1(O)CNc1ccc(Cl)cc1C#N. The smallest absolute Gasteiger partial charge is 0.101 e. The van der Waals surface area contributed by atoms with E-state index in [1.165, 1.54) is 0 Å². The van der Waals surface area contributed by atoms with Crippen LogP contribution in [0.5, 0.6) is 0 Å². The molecular weight excluding hydrogens is 280 g/mol. The molecule has 1 saturated carbocycles. The second-order valence-electron chi connectivity index (χ2n) is 4.74. The quantitative estimate of drug-likeness (QED) is 0.875. The lowest BCUT2D eigenvalue weighted by Crippen LogP contribution is -2.54. The van der Waals surface area contributed by atoms with E-state index in [1.807, 2.05) is 0 Å². The maximum absolute atomic E-state index is 10.5. The Kier molecular flexibility index (Phi) is 4.62. The molecule has 102 valence electrons. The minimum Gasteiger partial charge on any atom is -0.387 e. The van der Waals surface area contributed by atoms with Crippen molar-refractivity contribution < 1.29 is 5.11 Å². The maximum Gasteiger partial charge on any atom is 0.101 e. The van der Waals surface area contributed by atoms with Crippen LogP contribution in [0.3, 0.4) is 0 Å². The highest BCUT2D eigenvalue weighted by atomic mass is 35.5. The Bertz CT molecular complexity index is 503. The topological polar surface area (TPSA) is 56.0 Å². The van der Waals surface area contributed by atoms with Gasteiger partial charge in [0.15, 0.2) is 0 Å². The molecule has 0 heterocycles. The summed E-state index contributed by atoms with van der Waals surface area (Å²) in [5.41, 5.74) is 0.579. The number of hydrogen-bond donors (Lipinski definition) is 2. The third-order valence-corrected chi connectivity index (χ3v) is 5.14. The molecule has 5 heteroatoms. The molecule has 2 rings (SSSR count). The first-order chi connectivity index (χ1) is 9.09. The molecule has 0 aliphatic heterocycles. The van der Waals surface area contributed by atoms with Crippen molar-refractivity contribution in [3.05, 3.63) is 28.8 Å². The molecule has 2 atom stereocenters. The Labute approximate surface area is 123 Å². The van der Waals surface area contributed by atoms with Gasteiger partial charge in [0, 0.05) is 16.8 Å². The number of anilines is 1. The Morgan fingerprint density at radius 3 is 3.00 bits per heavy atom. The van der Waals surface area contributed by atoms with Gasteiger partial charge in [0.2, 0.25) is 0 Å². The van der Waals surface area contributed by atoms with Crippen LogP contribution in [0.25, 0.3) is 0 Å². The predicted molar refractivity (Wildman–Crippen MR) is 80.8 cm³/mol. The van der Waals surface area contributed by atoms with Crippen molar-refractivity contribution >= 4 is 29.1 Å². The van der Waals surface area contributed by atoms with Crippen molar-refractivity contribution in [1.82, 2.24) is 0 Å². The Morgan fingerprint density at radius 1 is 1.63 bits per heavy atom. The normalized spacial score (nSPS) is 25.5. The number of rotatable bonds is 5. The summed E-state index contributed by atoms with van der Waals surface area (Å²) in [4.78, 5) is 0. The Morgan fingerprint density at radius 2 is 2.42 bits per heavy atom. The Hall–Kier alpha value is -0.890. The summed E-state index contributed by atoms with van der Waals surface area (Å²) in [6, 6.07) is 7.27. The highest BCUT2D eigenvalue weighted by Gasteiger charge is 2.44. The lowest BCUT2D eigenvalue weighted by molar-refractivity contribution is -0.0120. The minimum absolute atomic E-state index is 0.294. The molecule has 0 saturated heterocycles. The van der Waals surface area contributed by atoms with Crippen LogP contribution in [-0.2, 0) is 0 Å². The molecule has 0 amide bonds. The fraction of sp³-hybridized carbons (Fsp3) is 0.500. The van der Waals surface area contributed by atoms with Gasteiger partial charge in [-0.2, -0.15) is 17.0 Å². The highest BCUT2D eigenvalue weighted by Crippen LogP contribution is 2.41. The minimum atomic E-state index is -0.660. The number of thioether (sulfide) groups is 1. The molecule has 0 bridgehead atoms. The predicted octanol–water partition coefficient (Wildman–Crippen LogP) is 3.27. The van der Waals surface area contributed by atoms with E-state index in [9.17, 15) is 5.11 Å². The lowest BCUT2D eigenvalue weighted by Gasteiger charge is -2.45. The van der Waals surface area contributed by atoms with Crippen LogP contribution < -0.4 is 5.32 Å². The largest absolute Gasteiger partial charge is 0.387 e. The molecule has 0 radical (unpaired) electrons. The maximum atomic E-state index is 10.5. The molecule has 1 aliphatic carbocycles. The van der Waals surface area contributed by atoms with Gasteiger partial charge < -0.3 is 10.4 Å². The zero-order valence-corrected chi connectivity index (χ0v) is 12.4. The fourth-order valence-electron chi connectivity index (χ4n) is 2.25. The number of benzene rings is 1. The molecule has 1 fully saturated rings. The van der Waals surface area contributed by atoms with Crippen LogP contribution in [0.2, 0.25) is 5.02 Å². The number of aliphatic hydroxyl groups is 1. The number of nitriles is 1. The number of hydrogen-bond acceptors (Lipinski definition) is 4. The average molecular weight is 297 g/mol. The fourth-order valence-corrected chi connectivity index (χ4v) is 3.62. The van der Waals surface area contributed by atoms with E-state index < -0.39 is 5.60 Å². The van der Waals surface area contributed by atoms with Gasteiger partial charge in [0.1, 0.15) is 6.07 Å². The van der Waals surface area contributed by atoms with E-state index in [0.29, 0.717) is 22.4 Å².